The fourth-order valence-electron chi connectivity index (χ4n) is 1.77. The number of anilines is 1. The van der Waals surface area contributed by atoms with E-state index in [9.17, 15) is 4.79 Å². The lowest BCUT2D eigenvalue weighted by Gasteiger charge is -2.06. The number of hydrogen-bond acceptors (Lipinski definition) is 5. The summed E-state index contributed by atoms with van der Waals surface area (Å²) in [4.78, 5) is 17.1. The lowest BCUT2D eigenvalue weighted by molar-refractivity contribution is 0.0469. The largest absolute Gasteiger partial charge is 0.455 e. The Labute approximate surface area is 123 Å². The van der Waals surface area contributed by atoms with Crippen molar-refractivity contribution in [1.82, 2.24) is 9.38 Å². The first-order chi connectivity index (χ1) is 9.63. The molecule has 0 fully saturated rings. The zero-order chi connectivity index (χ0) is 14.1. The minimum absolute atomic E-state index is 0.0964. The third kappa shape index (κ3) is 2.48. The highest BCUT2D eigenvalue weighted by atomic mass is 35.5. The number of nitrogens with two attached hydrogens (primary N) is 1. The zero-order valence-corrected chi connectivity index (χ0v) is 11.8. The molecule has 1 aromatic carbocycles. The topological polar surface area (TPSA) is 69.6 Å². The Bertz CT molecular complexity index is 752. The van der Waals surface area contributed by atoms with E-state index in [0.29, 0.717) is 16.4 Å². The standard InChI is InChI=1S/C13H10ClN3O2S/c14-8-1-2-11(15)10(5-8)12(18)19-7-9-6-17-3-4-20-13(17)16-9/h1-6H,7,15H2. The highest BCUT2D eigenvalue weighted by molar-refractivity contribution is 7.15. The van der Waals surface area contributed by atoms with Crippen molar-refractivity contribution in [3.8, 4) is 0 Å². The number of carbonyl (C=O) groups is 1. The zero-order valence-electron chi connectivity index (χ0n) is 10.2. The summed E-state index contributed by atoms with van der Waals surface area (Å²) in [6, 6.07) is 4.69. The van der Waals surface area contributed by atoms with Crippen molar-refractivity contribution in [3.63, 3.8) is 0 Å². The molecule has 0 aliphatic carbocycles. The van der Waals surface area contributed by atoms with E-state index in [1.807, 2.05) is 22.2 Å². The van der Waals surface area contributed by atoms with Crippen LogP contribution in [0.5, 0.6) is 0 Å². The molecule has 0 bridgehead atoms. The highest BCUT2D eigenvalue weighted by Gasteiger charge is 2.13. The first-order valence-electron chi connectivity index (χ1n) is 5.77. The van der Waals surface area contributed by atoms with E-state index >= 15 is 0 Å². The predicted molar refractivity (Wildman–Crippen MR) is 78.1 cm³/mol. The van der Waals surface area contributed by atoms with Crippen molar-refractivity contribution in [2.75, 3.05) is 5.73 Å². The van der Waals surface area contributed by atoms with Crippen LogP contribution in [0.1, 0.15) is 16.1 Å². The minimum atomic E-state index is -0.513. The maximum atomic E-state index is 12.0. The van der Waals surface area contributed by atoms with Crippen LogP contribution < -0.4 is 5.73 Å². The molecule has 0 spiro atoms. The summed E-state index contributed by atoms with van der Waals surface area (Å²) in [6.07, 6.45) is 3.72. The fourth-order valence-corrected chi connectivity index (χ4v) is 2.66. The van der Waals surface area contributed by atoms with E-state index in [4.69, 9.17) is 22.1 Å². The van der Waals surface area contributed by atoms with E-state index in [0.717, 1.165) is 4.96 Å². The van der Waals surface area contributed by atoms with Crippen molar-refractivity contribution in [3.05, 3.63) is 52.3 Å². The number of fused-ring (bicyclic) bond motifs is 1. The number of halogens is 1. The van der Waals surface area contributed by atoms with Gasteiger partial charge >= 0.3 is 5.97 Å². The number of rotatable bonds is 3. The molecule has 0 aliphatic heterocycles. The number of nitrogen functional groups attached to an aromatic ring is 1. The van der Waals surface area contributed by atoms with Gasteiger partial charge in [-0.2, -0.15) is 0 Å². The second-order valence-electron chi connectivity index (χ2n) is 4.13. The molecule has 0 atom stereocenters. The number of aromatic nitrogens is 2. The summed E-state index contributed by atoms with van der Waals surface area (Å²) in [6.45, 7) is 0.0964. The van der Waals surface area contributed by atoms with Gasteiger partial charge < -0.3 is 10.5 Å². The maximum Gasteiger partial charge on any atom is 0.340 e. The van der Waals surface area contributed by atoms with Gasteiger partial charge in [0.25, 0.3) is 0 Å². The van der Waals surface area contributed by atoms with Crippen LogP contribution in [0, 0.1) is 0 Å². The van der Waals surface area contributed by atoms with E-state index in [1.54, 1.807) is 12.1 Å². The normalized spacial score (nSPS) is 10.8. The van der Waals surface area contributed by atoms with Crippen LogP contribution in [0.2, 0.25) is 5.02 Å². The van der Waals surface area contributed by atoms with Gasteiger partial charge in [0, 0.05) is 28.5 Å². The lowest BCUT2D eigenvalue weighted by Crippen LogP contribution is -2.08. The molecule has 20 heavy (non-hydrogen) atoms. The van der Waals surface area contributed by atoms with Crippen molar-refractivity contribution in [2.24, 2.45) is 0 Å². The Morgan fingerprint density at radius 3 is 3.15 bits per heavy atom. The van der Waals surface area contributed by atoms with Gasteiger partial charge in [0.05, 0.1) is 11.3 Å². The van der Waals surface area contributed by atoms with E-state index in [1.165, 1.54) is 17.4 Å². The van der Waals surface area contributed by atoms with Crippen LogP contribution in [0.15, 0.2) is 36.0 Å². The molecular weight excluding hydrogens is 298 g/mol. The number of esters is 1. The highest BCUT2D eigenvalue weighted by Crippen LogP contribution is 2.19. The number of ether oxygens (including phenoxy) is 1. The first-order valence-corrected chi connectivity index (χ1v) is 7.02. The van der Waals surface area contributed by atoms with Gasteiger partial charge in [-0.1, -0.05) is 11.6 Å². The van der Waals surface area contributed by atoms with Gasteiger partial charge in [-0.25, -0.2) is 9.78 Å². The van der Waals surface area contributed by atoms with Gasteiger partial charge in [0.15, 0.2) is 4.96 Å². The quantitative estimate of drug-likeness (QED) is 0.596. The molecule has 0 unspecified atom stereocenters. The van der Waals surface area contributed by atoms with Gasteiger partial charge in [-0.05, 0) is 18.2 Å². The molecule has 5 nitrogen and oxygen atoms in total. The summed E-state index contributed by atoms with van der Waals surface area (Å²) in [5.74, 6) is -0.513. The third-order valence-corrected chi connectivity index (χ3v) is 3.74. The number of hydrogen-bond donors (Lipinski definition) is 1. The molecule has 0 aliphatic rings. The van der Waals surface area contributed by atoms with Crippen LogP contribution in [0.25, 0.3) is 4.96 Å². The number of thiazole rings is 1. The van der Waals surface area contributed by atoms with Gasteiger partial charge in [-0.15, -0.1) is 11.3 Å². The molecular formula is C13H10ClN3O2S. The van der Waals surface area contributed by atoms with Crippen molar-refractivity contribution in [1.29, 1.82) is 0 Å². The Morgan fingerprint density at radius 1 is 1.50 bits per heavy atom. The van der Waals surface area contributed by atoms with Crippen LogP contribution >= 0.6 is 22.9 Å². The monoisotopic (exact) mass is 307 g/mol. The molecule has 7 heteroatoms. The summed E-state index contributed by atoms with van der Waals surface area (Å²) < 4.78 is 7.08. The smallest absolute Gasteiger partial charge is 0.340 e. The second kappa shape index (κ2) is 5.15. The number of imidazole rings is 1. The van der Waals surface area contributed by atoms with E-state index in [-0.39, 0.29) is 12.2 Å². The average molecular weight is 308 g/mol. The van der Waals surface area contributed by atoms with Gasteiger partial charge in [0.2, 0.25) is 0 Å². The molecule has 2 N–H and O–H groups in total. The van der Waals surface area contributed by atoms with E-state index < -0.39 is 5.97 Å². The molecule has 3 rings (SSSR count). The van der Waals surface area contributed by atoms with Crippen molar-refractivity contribution in [2.45, 2.75) is 6.61 Å². The third-order valence-electron chi connectivity index (χ3n) is 2.73. The average Bonchev–Trinajstić information content (AvgIpc) is 2.99. The Morgan fingerprint density at radius 2 is 2.35 bits per heavy atom. The summed E-state index contributed by atoms with van der Waals surface area (Å²) in [5, 5.41) is 2.37. The van der Waals surface area contributed by atoms with Crippen LogP contribution in [-0.2, 0) is 11.3 Å². The maximum absolute atomic E-state index is 12.0. The summed E-state index contributed by atoms with van der Waals surface area (Å²) >= 11 is 7.36. The second-order valence-corrected chi connectivity index (χ2v) is 5.44. The molecule has 0 saturated heterocycles. The predicted octanol–water partition coefficient (Wildman–Crippen LogP) is 2.99. The first kappa shape index (κ1) is 13.0. The SMILES string of the molecule is Nc1ccc(Cl)cc1C(=O)OCc1cn2ccsc2n1. The van der Waals surface area contributed by atoms with Crippen LogP contribution in [0.4, 0.5) is 5.69 Å². The number of carbonyl (C=O) groups excluding carboxylic acids is 1. The van der Waals surface area contributed by atoms with Crippen LogP contribution in [0.3, 0.4) is 0 Å². The molecule has 3 aromatic rings. The van der Waals surface area contributed by atoms with Crippen molar-refractivity contribution < 1.29 is 9.53 Å². The summed E-state index contributed by atoms with van der Waals surface area (Å²) in [7, 11) is 0. The van der Waals surface area contributed by atoms with Crippen molar-refractivity contribution >= 4 is 39.6 Å². The molecule has 0 amide bonds. The Hall–Kier alpha value is -2.05. The molecule has 0 saturated carbocycles. The minimum Gasteiger partial charge on any atom is -0.455 e. The number of nitrogens with zero attached hydrogens (tertiary/aromatic N) is 2. The van der Waals surface area contributed by atoms with Gasteiger partial charge in [0.1, 0.15) is 6.61 Å². The van der Waals surface area contributed by atoms with Crippen LogP contribution in [-0.4, -0.2) is 15.4 Å². The number of benzene rings is 1. The Balaban J connectivity index is 1.73. The Kier molecular flexibility index (Phi) is 3.33. The van der Waals surface area contributed by atoms with Gasteiger partial charge in [-0.3, -0.25) is 4.40 Å². The molecule has 102 valence electrons. The molecule has 0 radical (unpaired) electrons. The molecule has 2 aromatic heterocycles. The molecule has 2 heterocycles. The summed E-state index contributed by atoms with van der Waals surface area (Å²) in [5.41, 5.74) is 7.01. The lowest BCUT2D eigenvalue weighted by atomic mass is 10.2. The van der Waals surface area contributed by atoms with E-state index in [2.05, 4.69) is 4.98 Å². The fraction of sp³-hybridized carbons (Fsp3) is 0.0769.